The molecule has 0 saturated carbocycles. The molecule has 0 spiro atoms. The van der Waals surface area contributed by atoms with Crippen molar-refractivity contribution in [2.45, 2.75) is 13.8 Å². The van der Waals surface area contributed by atoms with E-state index in [-0.39, 0.29) is 17.7 Å². The Hall–Kier alpha value is -1.36. The molecule has 94 valence electrons. The molecule has 0 aliphatic heterocycles. The standard InChI is InChI=1S/C11H17ClN4O/c1-4-16(5-2)10(17)8-15(3)9-6-7-13-11(12)14-9/h6-7H,4-5,8H2,1-3H3. The maximum absolute atomic E-state index is 11.9. The van der Waals surface area contributed by atoms with Crippen molar-refractivity contribution in [2.75, 3.05) is 31.6 Å². The Labute approximate surface area is 106 Å². The van der Waals surface area contributed by atoms with Gasteiger partial charge in [0.1, 0.15) is 5.82 Å². The third-order valence-corrected chi connectivity index (χ3v) is 2.67. The number of rotatable bonds is 5. The van der Waals surface area contributed by atoms with E-state index in [1.807, 2.05) is 13.8 Å². The molecule has 0 aliphatic carbocycles. The first-order valence-electron chi connectivity index (χ1n) is 5.56. The van der Waals surface area contributed by atoms with Gasteiger partial charge in [-0.3, -0.25) is 4.79 Å². The van der Waals surface area contributed by atoms with Crippen molar-refractivity contribution in [1.82, 2.24) is 14.9 Å². The Morgan fingerprint density at radius 1 is 1.41 bits per heavy atom. The van der Waals surface area contributed by atoms with Crippen LogP contribution in [0.15, 0.2) is 12.3 Å². The number of carbonyl (C=O) groups excluding carboxylic acids is 1. The molecule has 0 aromatic carbocycles. The normalized spacial score (nSPS) is 10.1. The van der Waals surface area contributed by atoms with Crippen LogP contribution in [0.3, 0.4) is 0 Å². The van der Waals surface area contributed by atoms with Gasteiger partial charge in [0.2, 0.25) is 11.2 Å². The van der Waals surface area contributed by atoms with Gasteiger partial charge in [-0.15, -0.1) is 0 Å². The molecule has 1 aromatic heterocycles. The third-order valence-electron chi connectivity index (χ3n) is 2.49. The second kappa shape index (κ2) is 6.39. The minimum absolute atomic E-state index is 0.0761. The van der Waals surface area contributed by atoms with Crippen LogP contribution in [0.5, 0.6) is 0 Å². The van der Waals surface area contributed by atoms with E-state index in [4.69, 9.17) is 11.6 Å². The monoisotopic (exact) mass is 256 g/mol. The van der Waals surface area contributed by atoms with E-state index in [1.54, 1.807) is 29.1 Å². The lowest BCUT2D eigenvalue weighted by atomic mass is 10.4. The summed E-state index contributed by atoms with van der Waals surface area (Å²) < 4.78 is 0. The highest BCUT2D eigenvalue weighted by atomic mass is 35.5. The van der Waals surface area contributed by atoms with Crippen LogP contribution in [0.25, 0.3) is 0 Å². The zero-order valence-electron chi connectivity index (χ0n) is 10.4. The smallest absolute Gasteiger partial charge is 0.242 e. The summed E-state index contributed by atoms with van der Waals surface area (Å²) in [5.41, 5.74) is 0. The minimum Gasteiger partial charge on any atom is -0.350 e. The van der Waals surface area contributed by atoms with Crippen molar-refractivity contribution < 1.29 is 4.79 Å². The van der Waals surface area contributed by atoms with E-state index in [9.17, 15) is 4.79 Å². The molecule has 1 aromatic rings. The zero-order valence-corrected chi connectivity index (χ0v) is 11.1. The highest BCUT2D eigenvalue weighted by molar-refractivity contribution is 6.28. The number of anilines is 1. The van der Waals surface area contributed by atoms with Crippen LogP contribution in [0.4, 0.5) is 5.82 Å². The third kappa shape index (κ3) is 3.85. The quantitative estimate of drug-likeness (QED) is 0.748. The molecule has 0 saturated heterocycles. The van der Waals surface area contributed by atoms with Crippen molar-refractivity contribution in [3.8, 4) is 0 Å². The van der Waals surface area contributed by atoms with Crippen LogP contribution in [0, 0.1) is 0 Å². The van der Waals surface area contributed by atoms with Gasteiger partial charge in [-0.2, -0.15) is 0 Å². The average molecular weight is 257 g/mol. The SMILES string of the molecule is CCN(CC)C(=O)CN(C)c1ccnc(Cl)n1. The molecule has 0 radical (unpaired) electrons. The highest BCUT2D eigenvalue weighted by Gasteiger charge is 2.13. The second-order valence-corrected chi connectivity index (χ2v) is 3.94. The molecule has 0 bridgehead atoms. The fourth-order valence-corrected chi connectivity index (χ4v) is 1.64. The first kappa shape index (κ1) is 13.7. The van der Waals surface area contributed by atoms with E-state index in [0.717, 1.165) is 0 Å². The molecule has 0 atom stereocenters. The summed E-state index contributed by atoms with van der Waals surface area (Å²) in [7, 11) is 1.81. The fraction of sp³-hybridized carbons (Fsp3) is 0.545. The van der Waals surface area contributed by atoms with Crippen molar-refractivity contribution in [3.05, 3.63) is 17.5 Å². The van der Waals surface area contributed by atoms with Crippen LogP contribution < -0.4 is 4.90 Å². The number of amides is 1. The molecule has 0 N–H and O–H groups in total. The maximum Gasteiger partial charge on any atom is 0.242 e. The number of hydrogen-bond acceptors (Lipinski definition) is 4. The number of aromatic nitrogens is 2. The first-order valence-corrected chi connectivity index (χ1v) is 5.93. The van der Waals surface area contributed by atoms with Gasteiger partial charge in [0, 0.05) is 26.3 Å². The highest BCUT2D eigenvalue weighted by Crippen LogP contribution is 2.10. The molecule has 17 heavy (non-hydrogen) atoms. The lowest BCUT2D eigenvalue weighted by molar-refractivity contribution is -0.129. The van der Waals surface area contributed by atoms with Gasteiger partial charge in [0.05, 0.1) is 6.54 Å². The number of nitrogens with zero attached hydrogens (tertiary/aromatic N) is 4. The Balaban J connectivity index is 2.66. The summed E-state index contributed by atoms with van der Waals surface area (Å²) in [6, 6.07) is 1.72. The predicted octanol–water partition coefficient (Wildman–Crippen LogP) is 1.43. The van der Waals surface area contributed by atoms with E-state index in [2.05, 4.69) is 9.97 Å². The average Bonchev–Trinajstić information content (AvgIpc) is 2.30. The van der Waals surface area contributed by atoms with Gasteiger partial charge >= 0.3 is 0 Å². The fourth-order valence-electron chi connectivity index (χ4n) is 1.50. The lowest BCUT2D eigenvalue weighted by Crippen LogP contribution is -2.39. The van der Waals surface area contributed by atoms with Crippen molar-refractivity contribution in [1.29, 1.82) is 0 Å². The van der Waals surface area contributed by atoms with E-state index < -0.39 is 0 Å². The molecule has 1 amide bonds. The van der Waals surface area contributed by atoms with E-state index in [1.165, 1.54) is 0 Å². The van der Waals surface area contributed by atoms with Crippen molar-refractivity contribution in [2.24, 2.45) is 0 Å². The zero-order chi connectivity index (χ0) is 12.8. The van der Waals surface area contributed by atoms with E-state index in [0.29, 0.717) is 18.9 Å². The van der Waals surface area contributed by atoms with Gasteiger partial charge in [-0.25, -0.2) is 9.97 Å². The van der Waals surface area contributed by atoms with E-state index >= 15 is 0 Å². The summed E-state index contributed by atoms with van der Waals surface area (Å²) in [5.74, 6) is 0.720. The van der Waals surface area contributed by atoms with Crippen molar-refractivity contribution in [3.63, 3.8) is 0 Å². The molecule has 1 heterocycles. The van der Waals surface area contributed by atoms with Gasteiger partial charge < -0.3 is 9.80 Å². The van der Waals surface area contributed by atoms with Gasteiger partial charge in [-0.05, 0) is 31.5 Å². The van der Waals surface area contributed by atoms with Gasteiger partial charge in [0.25, 0.3) is 0 Å². The summed E-state index contributed by atoms with van der Waals surface area (Å²) in [4.78, 5) is 23.3. The lowest BCUT2D eigenvalue weighted by Gasteiger charge is -2.23. The molecule has 1 rings (SSSR count). The number of likely N-dealkylation sites (N-methyl/N-ethyl adjacent to an activating group) is 2. The van der Waals surface area contributed by atoms with Crippen molar-refractivity contribution >= 4 is 23.3 Å². The van der Waals surface area contributed by atoms with Crippen LogP contribution in [0.2, 0.25) is 5.28 Å². The number of halogens is 1. The molecule has 0 aliphatic rings. The second-order valence-electron chi connectivity index (χ2n) is 3.61. The molecular weight excluding hydrogens is 240 g/mol. The Morgan fingerprint density at radius 3 is 2.59 bits per heavy atom. The molecule has 0 fully saturated rings. The van der Waals surface area contributed by atoms with Crippen LogP contribution in [0.1, 0.15) is 13.8 Å². The van der Waals surface area contributed by atoms with Gasteiger partial charge in [0.15, 0.2) is 0 Å². The number of hydrogen-bond donors (Lipinski definition) is 0. The van der Waals surface area contributed by atoms with Crippen LogP contribution in [-0.4, -0.2) is 47.5 Å². The Bertz CT molecular complexity index is 381. The van der Waals surface area contributed by atoms with Crippen LogP contribution >= 0.6 is 11.6 Å². The molecular formula is C11H17ClN4O. The Morgan fingerprint density at radius 2 is 2.06 bits per heavy atom. The summed E-state index contributed by atoms with van der Waals surface area (Å²) in [6.45, 7) is 5.64. The molecule has 6 heteroatoms. The molecule has 5 nitrogen and oxygen atoms in total. The minimum atomic E-state index is 0.0761. The summed E-state index contributed by atoms with van der Waals surface area (Å²) >= 11 is 5.70. The first-order chi connectivity index (χ1) is 8.08. The maximum atomic E-state index is 11.9. The number of carbonyl (C=O) groups is 1. The molecule has 0 unspecified atom stereocenters. The van der Waals surface area contributed by atoms with Crippen LogP contribution in [-0.2, 0) is 4.79 Å². The largest absolute Gasteiger partial charge is 0.350 e. The summed E-state index contributed by atoms with van der Waals surface area (Å²) in [6.07, 6.45) is 1.57. The topological polar surface area (TPSA) is 49.3 Å². The Kier molecular flexibility index (Phi) is 5.15. The van der Waals surface area contributed by atoms with Gasteiger partial charge in [-0.1, -0.05) is 0 Å². The predicted molar refractivity (Wildman–Crippen MR) is 68.2 cm³/mol. The summed E-state index contributed by atoms with van der Waals surface area (Å²) in [5, 5.41) is 0.185.